The van der Waals surface area contributed by atoms with Gasteiger partial charge in [0.1, 0.15) is 6.61 Å². The highest BCUT2D eigenvalue weighted by atomic mass is 16.6. The van der Waals surface area contributed by atoms with Crippen LogP contribution in [-0.4, -0.2) is 52.5 Å². The van der Waals surface area contributed by atoms with Crippen LogP contribution in [0.2, 0.25) is 0 Å². The van der Waals surface area contributed by atoms with Gasteiger partial charge in [-0.1, -0.05) is 24.3 Å². The molecule has 4 heterocycles. The Morgan fingerprint density at radius 2 is 1.89 bits per heavy atom. The molecule has 2 fully saturated rings. The van der Waals surface area contributed by atoms with Gasteiger partial charge in [-0.2, -0.15) is 0 Å². The molecule has 1 aromatic carbocycles. The normalized spacial score (nSPS) is 26.3. The number of pyridine rings is 1. The monoisotopic (exact) mass is 379 g/mol. The van der Waals surface area contributed by atoms with Crippen LogP contribution in [0.1, 0.15) is 37.0 Å². The van der Waals surface area contributed by atoms with E-state index in [2.05, 4.69) is 34.1 Å². The summed E-state index contributed by atoms with van der Waals surface area (Å²) in [5.74, 6) is 1.46. The van der Waals surface area contributed by atoms with E-state index in [0.717, 1.165) is 25.2 Å². The Morgan fingerprint density at radius 1 is 1.14 bits per heavy atom. The molecule has 2 bridgehead atoms. The fourth-order valence-corrected chi connectivity index (χ4v) is 4.63. The average Bonchev–Trinajstić information content (AvgIpc) is 2.95. The summed E-state index contributed by atoms with van der Waals surface area (Å²) >= 11 is 0. The number of carbonyl (C=O) groups excluding carboxylic acids is 1. The van der Waals surface area contributed by atoms with Crippen LogP contribution in [0.15, 0.2) is 42.6 Å². The van der Waals surface area contributed by atoms with Crippen molar-refractivity contribution in [1.29, 1.82) is 0 Å². The van der Waals surface area contributed by atoms with Gasteiger partial charge in [-0.25, -0.2) is 4.98 Å². The Bertz CT molecular complexity index is 856. The molecule has 6 heteroatoms. The van der Waals surface area contributed by atoms with Gasteiger partial charge < -0.3 is 14.4 Å². The lowest BCUT2D eigenvalue weighted by Gasteiger charge is -2.40. The minimum absolute atomic E-state index is 0.133. The number of likely N-dealkylation sites (tertiary alicyclic amines) is 1. The summed E-state index contributed by atoms with van der Waals surface area (Å²) in [5, 5.41) is 0. The zero-order valence-corrected chi connectivity index (χ0v) is 16.1. The lowest BCUT2D eigenvalue weighted by Crippen LogP contribution is -2.54. The predicted molar refractivity (Wildman–Crippen MR) is 104 cm³/mol. The third-order valence-electron chi connectivity index (χ3n) is 6.18. The number of ether oxygens (including phenoxy) is 2. The number of piperazine rings is 1. The highest BCUT2D eigenvalue weighted by Crippen LogP contribution is 2.35. The lowest BCUT2D eigenvalue weighted by atomic mass is 10.1. The maximum absolute atomic E-state index is 11.7. The van der Waals surface area contributed by atoms with Gasteiger partial charge in [0.05, 0.1) is 0 Å². The SMILES string of the molecule is CC(=O)N1CC2CCC(C1)N2Cc1ccc(C2COc3cccnc3O2)cc1. The second-order valence-corrected chi connectivity index (χ2v) is 7.95. The fourth-order valence-electron chi connectivity index (χ4n) is 4.63. The molecule has 5 rings (SSSR count). The molecule has 146 valence electrons. The van der Waals surface area contributed by atoms with Crippen molar-refractivity contribution < 1.29 is 14.3 Å². The van der Waals surface area contributed by atoms with E-state index in [0.29, 0.717) is 30.3 Å². The van der Waals surface area contributed by atoms with E-state index in [4.69, 9.17) is 9.47 Å². The lowest BCUT2D eigenvalue weighted by molar-refractivity contribution is -0.132. The summed E-state index contributed by atoms with van der Waals surface area (Å²) in [6.07, 6.45) is 3.96. The van der Waals surface area contributed by atoms with Crippen LogP contribution in [0, 0.1) is 0 Å². The molecular weight excluding hydrogens is 354 g/mol. The number of benzene rings is 1. The molecule has 0 spiro atoms. The molecule has 0 radical (unpaired) electrons. The second-order valence-electron chi connectivity index (χ2n) is 7.95. The zero-order valence-electron chi connectivity index (χ0n) is 16.1. The molecule has 3 unspecified atom stereocenters. The quantitative estimate of drug-likeness (QED) is 0.821. The third-order valence-corrected chi connectivity index (χ3v) is 6.18. The van der Waals surface area contributed by atoms with Gasteiger partial charge in [0, 0.05) is 44.8 Å². The van der Waals surface area contributed by atoms with E-state index >= 15 is 0 Å². The van der Waals surface area contributed by atoms with Crippen LogP contribution in [0.25, 0.3) is 0 Å². The highest BCUT2D eigenvalue weighted by molar-refractivity contribution is 5.73. The van der Waals surface area contributed by atoms with Crippen molar-refractivity contribution in [3.63, 3.8) is 0 Å². The molecule has 0 saturated carbocycles. The largest absolute Gasteiger partial charge is 0.484 e. The number of nitrogens with zero attached hydrogens (tertiary/aromatic N) is 3. The van der Waals surface area contributed by atoms with E-state index in [9.17, 15) is 4.79 Å². The smallest absolute Gasteiger partial charge is 0.257 e. The summed E-state index contributed by atoms with van der Waals surface area (Å²) in [6, 6.07) is 13.3. The summed E-state index contributed by atoms with van der Waals surface area (Å²) < 4.78 is 11.8. The second kappa shape index (κ2) is 7.09. The van der Waals surface area contributed by atoms with Gasteiger partial charge in [-0.05, 0) is 36.1 Å². The molecule has 2 saturated heterocycles. The van der Waals surface area contributed by atoms with E-state index in [1.54, 1.807) is 13.1 Å². The number of carbonyl (C=O) groups is 1. The van der Waals surface area contributed by atoms with Crippen LogP contribution in [0.5, 0.6) is 11.6 Å². The first-order chi connectivity index (χ1) is 13.7. The van der Waals surface area contributed by atoms with Crippen molar-refractivity contribution in [2.75, 3.05) is 19.7 Å². The summed E-state index contributed by atoms with van der Waals surface area (Å²) in [6.45, 7) is 4.84. The van der Waals surface area contributed by atoms with Crippen molar-refractivity contribution in [1.82, 2.24) is 14.8 Å². The molecule has 0 N–H and O–H groups in total. The van der Waals surface area contributed by atoms with Crippen LogP contribution < -0.4 is 9.47 Å². The minimum atomic E-state index is -0.133. The maximum Gasteiger partial charge on any atom is 0.257 e. The van der Waals surface area contributed by atoms with Gasteiger partial charge in [0.15, 0.2) is 11.9 Å². The minimum Gasteiger partial charge on any atom is -0.484 e. The molecule has 0 aliphatic carbocycles. The van der Waals surface area contributed by atoms with Crippen molar-refractivity contribution in [2.24, 2.45) is 0 Å². The van der Waals surface area contributed by atoms with Gasteiger partial charge >= 0.3 is 0 Å². The van der Waals surface area contributed by atoms with Crippen molar-refractivity contribution in [2.45, 2.75) is 44.5 Å². The summed E-state index contributed by atoms with van der Waals surface area (Å²) in [5.41, 5.74) is 2.40. The van der Waals surface area contributed by atoms with E-state index < -0.39 is 0 Å². The highest BCUT2D eigenvalue weighted by Gasteiger charge is 2.40. The molecule has 3 atom stereocenters. The third kappa shape index (κ3) is 3.22. The van der Waals surface area contributed by atoms with Gasteiger partial charge in [0.25, 0.3) is 5.88 Å². The van der Waals surface area contributed by atoms with E-state index in [1.165, 1.54) is 18.4 Å². The van der Waals surface area contributed by atoms with Gasteiger partial charge in [0.2, 0.25) is 5.91 Å². The van der Waals surface area contributed by atoms with E-state index in [1.807, 2.05) is 17.0 Å². The fraction of sp³-hybridized carbons (Fsp3) is 0.455. The molecule has 2 aromatic rings. The van der Waals surface area contributed by atoms with Crippen LogP contribution >= 0.6 is 0 Å². The van der Waals surface area contributed by atoms with Crippen LogP contribution in [0.4, 0.5) is 0 Å². The zero-order chi connectivity index (χ0) is 19.1. The Kier molecular flexibility index (Phi) is 4.43. The molecule has 28 heavy (non-hydrogen) atoms. The molecule has 1 amide bonds. The van der Waals surface area contributed by atoms with Gasteiger partial charge in [-0.3, -0.25) is 9.69 Å². The molecule has 3 aliphatic heterocycles. The first kappa shape index (κ1) is 17.5. The number of hydrogen-bond acceptors (Lipinski definition) is 5. The molecule has 3 aliphatic rings. The number of fused-ring (bicyclic) bond motifs is 3. The van der Waals surface area contributed by atoms with Crippen LogP contribution in [-0.2, 0) is 11.3 Å². The number of hydrogen-bond donors (Lipinski definition) is 0. The van der Waals surface area contributed by atoms with Crippen molar-refractivity contribution in [3.05, 3.63) is 53.7 Å². The maximum atomic E-state index is 11.7. The van der Waals surface area contributed by atoms with Crippen LogP contribution in [0.3, 0.4) is 0 Å². The molecule has 6 nitrogen and oxygen atoms in total. The van der Waals surface area contributed by atoms with Gasteiger partial charge in [-0.15, -0.1) is 0 Å². The van der Waals surface area contributed by atoms with E-state index in [-0.39, 0.29) is 12.0 Å². The first-order valence-electron chi connectivity index (χ1n) is 10.0. The molecule has 1 aromatic heterocycles. The van der Waals surface area contributed by atoms with Crippen molar-refractivity contribution in [3.8, 4) is 11.6 Å². The predicted octanol–water partition coefficient (Wildman–Crippen LogP) is 2.79. The van der Waals surface area contributed by atoms with Crippen molar-refractivity contribution >= 4 is 5.91 Å². The topological polar surface area (TPSA) is 54.9 Å². The Hall–Kier alpha value is -2.60. The Labute approximate surface area is 165 Å². The number of amides is 1. The first-order valence-corrected chi connectivity index (χ1v) is 10.0. The number of rotatable bonds is 3. The Balaban J connectivity index is 1.25. The summed E-state index contributed by atoms with van der Waals surface area (Å²) in [7, 11) is 0. The Morgan fingerprint density at radius 3 is 2.61 bits per heavy atom. The molecular formula is C22H25N3O3. The summed E-state index contributed by atoms with van der Waals surface area (Å²) in [4.78, 5) is 20.6. The number of aromatic nitrogens is 1. The average molecular weight is 379 g/mol. The standard InChI is InChI=1S/C22H25N3O3/c1-15(26)24-12-18-8-9-19(13-24)25(18)11-16-4-6-17(7-5-16)21-14-27-20-3-2-10-23-22(20)28-21/h2-7,10,18-19,21H,8-9,11-14H2,1H3.